The third-order valence-electron chi connectivity index (χ3n) is 5.22. The summed E-state index contributed by atoms with van der Waals surface area (Å²) in [5.41, 5.74) is 0.477. The number of nitriles is 1. The first kappa shape index (κ1) is 16.6. The molecule has 0 aromatic carbocycles. The maximum Gasteiger partial charge on any atom is 0.223 e. The van der Waals surface area contributed by atoms with Gasteiger partial charge in [0.1, 0.15) is 5.92 Å². The Balaban J connectivity index is 1.70. The molecule has 1 aromatic heterocycles. The summed E-state index contributed by atoms with van der Waals surface area (Å²) in [5, 5.41) is 9.42. The van der Waals surface area contributed by atoms with Crippen LogP contribution in [0.4, 0.5) is 0 Å². The number of ketones is 1. The highest BCUT2D eigenvalue weighted by Gasteiger charge is 2.40. The van der Waals surface area contributed by atoms with E-state index < -0.39 is 5.92 Å². The van der Waals surface area contributed by atoms with E-state index in [0.717, 1.165) is 25.7 Å². The highest BCUT2D eigenvalue weighted by atomic mass is 16.2. The molecule has 1 amide bonds. The van der Waals surface area contributed by atoms with E-state index in [1.54, 1.807) is 24.4 Å². The molecule has 5 nitrogen and oxygen atoms in total. The Hall–Kier alpha value is -2.22. The second kappa shape index (κ2) is 7.57. The molecule has 0 bridgehead atoms. The molecule has 3 rings (SSSR count). The maximum atomic E-state index is 12.8. The predicted octanol–water partition coefficient (Wildman–Crippen LogP) is 2.83. The topological polar surface area (TPSA) is 74.1 Å². The molecule has 0 radical (unpaired) electrons. The van der Waals surface area contributed by atoms with Crippen molar-refractivity contribution in [2.24, 2.45) is 5.92 Å². The molecule has 1 aliphatic carbocycles. The standard InChI is InChI=1S/C19H23N3O2/c20-12-16(17-9-5-6-10-21-17)19(24)14-11-18(23)22(13-14)15-7-3-1-2-4-8-15/h5-6,9-10,14-16H,1-4,7-8,11,13H2/t14-,16+/m0/s1. The van der Waals surface area contributed by atoms with E-state index in [1.807, 2.05) is 4.90 Å². The number of carbonyl (C=O) groups excluding carboxylic acids is 2. The van der Waals surface area contributed by atoms with Gasteiger partial charge in [0.15, 0.2) is 5.78 Å². The van der Waals surface area contributed by atoms with Crippen molar-refractivity contribution < 1.29 is 9.59 Å². The van der Waals surface area contributed by atoms with E-state index in [0.29, 0.717) is 12.2 Å². The van der Waals surface area contributed by atoms with Gasteiger partial charge in [0.2, 0.25) is 5.91 Å². The second-order valence-corrected chi connectivity index (χ2v) is 6.81. The average molecular weight is 325 g/mol. The largest absolute Gasteiger partial charge is 0.339 e. The minimum atomic E-state index is -0.877. The molecule has 1 saturated carbocycles. The van der Waals surface area contributed by atoms with Crippen LogP contribution in [0.2, 0.25) is 0 Å². The SMILES string of the molecule is N#C[C@@H](C(=O)[C@H]1CC(=O)N(C2CCCCCC2)C1)c1ccccn1. The Labute approximate surface area is 142 Å². The third-order valence-corrected chi connectivity index (χ3v) is 5.22. The molecule has 2 atom stereocenters. The van der Waals surface area contributed by atoms with Gasteiger partial charge in [0, 0.05) is 31.1 Å². The van der Waals surface area contributed by atoms with Gasteiger partial charge in [-0.2, -0.15) is 5.26 Å². The van der Waals surface area contributed by atoms with Crippen molar-refractivity contribution in [2.45, 2.75) is 56.9 Å². The summed E-state index contributed by atoms with van der Waals surface area (Å²) in [4.78, 5) is 31.2. The van der Waals surface area contributed by atoms with Crippen molar-refractivity contribution in [2.75, 3.05) is 6.54 Å². The first-order chi connectivity index (χ1) is 11.7. The van der Waals surface area contributed by atoms with Crippen molar-refractivity contribution in [1.82, 2.24) is 9.88 Å². The van der Waals surface area contributed by atoms with Gasteiger partial charge in [-0.25, -0.2) is 0 Å². The smallest absolute Gasteiger partial charge is 0.223 e. The number of aromatic nitrogens is 1. The number of hydrogen-bond acceptors (Lipinski definition) is 4. The van der Waals surface area contributed by atoms with Gasteiger partial charge >= 0.3 is 0 Å². The van der Waals surface area contributed by atoms with Crippen molar-refractivity contribution in [1.29, 1.82) is 5.26 Å². The number of nitrogens with zero attached hydrogens (tertiary/aromatic N) is 3. The highest BCUT2D eigenvalue weighted by Crippen LogP contribution is 2.31. The summed E-state index contributed by atoms with van der Waals surface area (Å²) in [6.45, 7) is 0.466. The van der Waals surface area contributed by atoms with E-state index in [4.69, 9.17) is 0 Å². The molecule has 0 N–H and O–H groups in total. The number of likely N-dealkylation sites (tertiary alicyclic amines) is 1. The molecule has 2 fully saturated rings. The molecule has 24 heavy (non-hydrogen) atoms. The lowest BCUT2D eigenvalue weighted by Gasteiger charge is -2.27. The number of carbonyl (C=O) groups is 2. The lowest BCUT2D eigenvalue weighted by molar-refractivity contribution is -0.130. The van der Waals surface area contributed by atoms with Gasteiger partial charge in [-0.3, -0.25) is 14.6 Å². The molecule has 5 heteroatoms. The lowest BCUT2D eigenvalue weighted by atomic mass is 9.90. The highest BCUT2D eigenvalue weighted by molar-refractivity contribution is 5.95. The molecular formula is C19H23N3O2. The number of Topliss-reactive ketones (excluding diaryl/α,β-unsaturated/α-hetero) is 1. The summed E-state index contributed by atoms with van der Waals surface area (Å²) in [6.07, 6.45) is 8.67. The molecular weight excluding hydrogens is 302 g/mol. The van der Waals surface area contributed by atoms with Gasteiger partial charge in [0.25, 0.3) is 0 Å². The third kappa shape index (κ3) is 3.48. The molecule has 1 saturated heterocycles. The van der Waals surface area contributed by atoms with Crippen molar-refractivity contribution in [3.63, 3.8) is 0 Å². The van der Waals surface area contributed by atoms with Crippen molar-refractivity contribution >= 4 is 11.7 Å². The molecule has 1 aliphatic heterocycles. The first-order valence-electron chi connectivity index (χ1n) is 8.84. The first-order valence-corrected chi connectivity index (χ1v) is 8.84. The fourth-order valence-corrected chi connectivity index (χ4v) is 3.90. The molecule has 2 aliphatic rings. The van der Waals surface area contributed by atoms with Crippen LogP contribution in [0.1, 0.15) is 56.6 Å². The number of amides is 1. The van der Waals surface area contributed by atoms with Gasteiger partial charge in [-0.05, 0) is 25.0 Å². The van der Waals surface area contributed by atoms with Crippen LogP contribution in [-0.4, -0.2) is 34.2 Å². The van der Waals surface area contributed by atoms with Crippen LogP contribution in [0.3, 0.4) is 0 Å². The lowest BCUT2D eigenvalue weighted by Crippen LogP contribution is -2.37. The van der Waals surface area contributed by atoms with Gasteiger partial charge < -0.3 is 4.90 Å². The van der Waals surface area contributed by atoms with Gasteiger partial charge in [-0.1, -0.05) is 31.7 Å². The van der Waals surface area contributed by atoms with Crippen LogP contribution >= 0.6 is 0 Å². The summed E-state index contributed by atoms with van der Waals surface area (Å²) < 4.78 is 0. The summed E-state index contributed by atoms with van der Waals surface area (Å²) >= 11 is 0. The van der Waals surface area contributed by atoms with Gasteiger partial charge in [0.05, 0.1) is 11.8 Å². The minimum absolute atomic E-state index is 0.0676. The van der Waals surface area contributed by atoms with Crippen molar-refractivity contribution in [3.05, 3.63) is 30.1 Å². The zero-order valence-corrected chi connectivity index (χ0v) is 13.9. The van der Waals surface area contributed by atoms with Crippen LogP contribution < -0.4 is 0 Å². The molecule has 0 spiro atoms. The fourth-order valence-electron chi connectivity index (χ4n) is 3.90. The zero-order valence-electron chi connectivity index (χ0n) is 13.9. The Morgan fingerprint density at radius 3 is 2.62 bits per heavy atom. The van der Waals surface area contributed by atoms with E-state index in [9.17, 15) is 14.9 Å². The van der Waals surface area contributed by atoms with E-state index >= 15 is 0 Å². The van der Waals surface area contributed by atoms with Crippen molar-refractivity contribution in [3.8, 4) is 6.07 Å². The number of rotatable bonds is 4. The van der Waals surface area contributed by atoms with Crippen LogP contribution in [0.25, 0.3) is 0 Å². The Morgan fingerprint density at radius 1 is 1.25 bits per heavy atom. The van der Waals surface area contributed by atoms with Crippen LogP contribution in [0.5, 0.6) is 0 Å². The average Bonchev–Trinajstić information content (AvgIpc) is 2.82. The molecule has 126 valence electrons. The van der Waals surface area contributed by atoms with Crippen LogP contribution in [-0.2, 0) is 9.59 Å². The van der Waals surface area contributed by atoms with Gasteiger partial charge in [-0.15, -0.1) is 0 Å². The molecule has 1 aromatic rings. The Morgan fingerprint density at radius 2 is 2.00 bits per heavy atom. The minimum Gasteiger partial charge on any atom is -0.339 e. The Bertz CT molecular complexity index is 630. The summed E-state index contributed by atoms with van der Waals surface area (Å²) in [6, 6.07) is 7.58. The fraction of sp³-hybridized carbons (Fsp3) is 0.579. The second-order valence-electron chi connectivity index (χ2n) is 6.81. The molecule has 0 unspecified atom stereocenters. The number of hydrogen-bond donors (Lipinski definition) is 0. The predicted molar refractivity (Wildman–Crippen MR) is 88.9 cm³/mol. The maximum absolute atomic E-state index is 12.8. The molecule has 2 heterocycles. The zero-order chi connectivity index (χ0) is 16.9. The monoisotopic (exact) mass is 325 g/mol. The normalized spacial score (nSPS) is 23.5. The number of pyridine rings is 1. The summed E-state index contributed by atoms with van der Waals surface area (Å²) in [7, 11) is 0. The Kier molecular flexibility index (Phi) is 5.24. The van der Waals surface area contributed by atoms with Crippen LogP contribution in [0, 0.1) is 17.2 Å². The quantitative estimate of drug-likeness (QED) is 0.798. The van der Waals surface area contributed by atoms with E-state index in [-0.39, 0.29) is 30.1 Å². The van der Waals surface area contributed by atoms with Crippen LogP contribution in [0.15, 0.2) is 24.4 Å². The van der Waals surface area contributed by atoms with E-state index in [1.165, 1.54) is 12.8 Å². The van der Waals surface area contributed by atoms with E-state index in [2.05, 4.69) is 11.1 Å². The summed E-state index contributed by atoms with van der Waals surface area (Å²) in [5.74, 6) is -1.36.